The average Bonchev–Trinajstić information content (AvgIpc) is 3.27. The predicted octanol–water partition coefficient (Wildman–Crippen LogP) is 3.09. The summed E-state index contributed by atoms with van der Waals surface area (Å²) in [6.45, 7) is 5.01. The number of nitrogens with one attached hydrogen (secondary N) is 2. The minimum absolute atomic E-state index is 0.206. The molecule has 0 spiro atoms. The number of piperazine rings is 1. The van der Waals surface area contributed by atoms with Crippen LogP contribution in [0.2, 0.25) is 0 Å². The van der Waals surface area contributed by atoms with Crippen molar-refractivity contribution in [2.24, 2.45) is 0 Å². The minimum Gasteiger partial charge on any atom is -0.497 e. The predicted molar refractivity (Wildman–Crippen MR) is 118 cm³/mol. The van der Waals surface area contributed by atoms with E-state index in [1.54, 1.807) is 13.2 Å². The van der Waals surface area contributed by atoms with E-state index in [0.29, 0.717) is 11.4 Å². The van der Waals surface area contributed by atoms with E-state index in [1.807, 2.05) is 42.5 Å². The Labute approximate surface area is 176 Å². The zero-order valence-corrected chi connectivity index (χ0v) is 17.4. The lowest BCUT2D eigenvalue weighted by Crippen LogP contribution is -2.43. The average molecular weight is 406 g/mol. The molecule has 0 radical (unpaired) electrons. The third-order valence-corrected chi connectivity index (χ3v) is 5.44. The number of methoxy groups -OCH3 is 1. The van der Waals surface area contributed by atoms with Gasteiger partial charge in [-0.15, -0.1) is 0 Å². The largest absolute Gasteiger partial charge is 0.497 e. The molecule has 0 aliphatic carbocycles. The first-order valence-electron chi connectivity index (χ1n) is 10.1. The number of benzene rings is 2. The van der Waals surface area contributed by atoms with Gasteiger partial charge in [0.2, 0.25) is 0 Å². The number of aromatic amines is 1. The lowest BCUT2D eigenvalue weighted by molar-refractivity contribution is 0.102. The fraction of sp³-hybridized carbons (Fsp3) is 0.304. The molecule has 2 N–H and O–H groups in total. The molecule has 7 nitrogen and oxygen atoms in total. The highest BCUT2D eigenvalue weighted by Crippen LogP contribution is 2.23. The van der Waals surface area contributed by atoms with Crippen LogP contribution < -0.4 is 10.1 Å². The number of ether oxygens (including phenoxy) is 1. The smallest absolute Gasteiger partial charge is 0.273 e. The molecule has 1 aliphatic rings. The molecule has 2 aromatic carbocycles. The second-order valence-electron chi connectivity index (χ2n) is 7.59. The summed E-state index contributed by atoms with van der Waals surface area (Å²) in [5.74, 6) is 0.543. The molecule has 0 bridgehead atoms. The summed E-state index contributed by atoms with van der Waals surface area (Å²) in [5.41, 5.74) is 3.95. The van der Waals surface area contributed by atoms with Crippen LogP contribution in [0.15, 0.2) is 54.6 Å². The first-order chi connectivity index (χ1) is 14.6. The summed E-state index contributed by atoms with van der Waals surface area (Å²) in [6.07, 6.45) is 0. The summed E-state index contributed by atoms with van der Waals surface area (Å²) < 4.78 is 5.27. The quantitative estimate of drug-likeness (QED) is 0.659. The summed E-state index contributed by atoms with van der Waals surface area (Å²) in [6, 6.07) is 17.3. The normalized spacial score (nSPS) is 15.1. The minimum atomic E-state index is -0.206. The molecule has 1 fully saturated rings. The summed E-state index contributed by atoms with van der Waals surface area (Å²) in [7, 11) is 3.78. The molecule has 1 aliphatic heterocycles. The molecule has 1 amide bonds. The molecule has 30 heavy (non-hydrogen) atoms. The Balaban J connectivity index is 1.46. The Morgan fingerprint density at radius 3 is 2.70 bits per heavy atom. The summed E-state index contributed by atoms with van der Waals surface area (Å²) in [4.78, 5) is 17.6. The molecule has 0 saturated carbocycles. The number of H-pyrrole nitrogens is 1. The second-order valence-corrected chi connectivity index (χ2v) is 7.59. The Morgan fingerprint density at radius 1 is 1.10 bits per heavy atom. The van der Waals surface area contributed by atoms with Crippen molar-refractivity contribution in [3.63, 3.8) is 0 Å². The number of aromatic nitrogens is 2. The van der Waals surface area contributed by atoms with E-state index in [1.165, 1.54) is 0 Å². The molecule has 2 heterocycles. The van der Waals surface area contributed by atoms with E-state index >= 15 is 0 Å². The molecule has 156 valence electrons. The van der Waals surface area contributed by atoms with Gasteiger partial charge in [0.05, 0.1) is 12.8 Å². The first-order valence-corrected chi connectivity index (χ1v) is 10.1. The molecule has 0 unspecified atom stereocenters. The highest BCUT2D eigenvalue weighted by molar-refractivity contribution is 6.03. The molecule has 4 rings (SSSR count). The van der Waals surface area contributed by atoms with Crippen molar-refractivity contribution in [3.05, 3.63) is 65.9 Å². The van der Waals surface area contributed by atoms with Crippen LogP contribution in [-0.4, -0.2) is 66.2 Å². The van der Waals surface area contributed by atoms with Gasteiger partial charge in [0.15, 0.2) is 0 Å². The van der Waals surface area contributed by atoms with Gasteiger partial charge in [-0.25, -0.2) is 0 Å². The Hall–Kier alpha value is -3.16. The number of para-hydroxylation sites is 1. The van der Waals surface area contributed by atoms with Crippen molar-refractivity contribution in [1.29, 1.82) is 0 Å². The number of amides is 1. The number of hydrogen-bond donors (Lipinski definition) is 2. The van der Waals surface area contributed by atoms with Crippen LogP contribution in [0.3, 0.4) is 0 Å². The van der Waals surface area contributed by atoms with Gasteiger partial charge in [-0.3, -0.25) is 14.8 Å². The van der Waals surface area contributed by atoms with Crippen molar-refractivity contribution in [1.82, 2.24) is 20.0 Å². The molecule has 0 atom stereocenters. The molecule has 3 aromatic rings. The Bertz CT molecular complexity index is 1010. The van der Waals surface area contributed by atoms with E-state index in [2.05, 4.69) is 38.4 Å². The number of nitrogens with zero attached hydrogens (tertiary/aromatic N) is 3. The molecule has 7 heteroatoms. The van der Waals surface area contributed by atoms with Gasteiger partial charge in [-0.1, -0.05) is 30.3 Å². The summed E-state index contributed by atoms with van der Waals surface area (Å²) >= 11 is 0. The third-order valence-electron chi connectivity index (χ3n) is 5.44. The highest BCUT2D eigenvalue weighted by atomic mass is 16.5. The zero-order valence-electron chi connectivity index (χ0n) is 17.4. The standard InChI is InChI=1S/C23H27N5O2/c1-27-10-12-28(13-11-27)16-18-6-3-4-9-20(18)24-23(29)22-15-21(25-26-22)17-7-5-8-19(14-17)30-2/h3-9,14-15H,10-13,16H2,1-2H3,(H,24,29)(H,25,26). The van der Waals surface area contributed by atoms with Crippen molar-refractivity contribution < 1.29 is 9.53 Å². The van der Waals surface area contributed by atoms with Gasteiger partial charge in [0.1, 0.15) is 11.4 Å². The lowest BCUT2D eigenvalue weighted by Gasteiger charge is -2.32. The second kappa shape index (κ2) is 9.11. The van der Waals surface area contributed by atoms with Crippen LogP contribution >= 0.6 is 0 Å². The summed E-state index contributed by atoms with van der Waals surface area (Å²) in [5, 5.41) is 10.2. The monoisotopic (exact) mass is 405 g/mol. The number of anilines is 1. The fourth-order valence-corrected chi connectivity index (χ4v) is 3.58. The number of rotatable bonds is 6. The topological polar surface area (TPSA) is 73.5 Å². The van der Waals surface area contributed by atoms with Gasteiger partial charge in [-0.2, -0.15) is 5.10 Å². The number of carbonyl (C=O) groups excluding carboxylic acids is 1. The van der Waals surface area contributed by atoms with E-state index in [0.717, 1.165) is 55.3 Å². The van der Waals surface area contributed by atoms with Gasteiger partial charge in [0, 0.05) is 44.0 Å². The number of carbonyl (C=O) groups is 1. The van der Waals surface area contributed by atoms with Crippen LogP contribution in [0.5, 0.6) is 5.75 Å². The molecular weight excluding hydrogens is 378 g/mol. The van der Waals surface area contributed by atoms with Crippen LogP contribution in [0.1, 0.15) is 16.1 Å². The van der Waals surface area contributed by atoms with Gasteiger partial charge < -0.3 is 15.0 Å². The lowest BCUT2D eigenvalue weighted by atomic mass is 10.1. The van der Waals surface area contributed by atoms with Crippen molar-refractivity contribution in [2.45, 2.75) is 6.54 Å². The third kappa shape index (κ3) is 4.69. The van der Waals surface area contributed by atoms with Crippen molar-refractivity contribution in [2.75, 3.05) is 45.7 Å². The maximum absolute atomic E-state index is 12.8. The van der Waals surface area contributed by atoms with Crippen LogP contribution in [0.25, 0.3) is 11.3 Å². The van der Waals surface area contributed by atoms with Gasteiger partial charge in [0.25, 0.3) is 5.91 Å². The Morgan fingerprint density at radius 2 is 1.90 bits per heavy atom. The SMILES string of the molecule is COc1cccc(-c2cc(C(=O)Nc3ccccc3CN3CCN(C)CC3)[nH]n2)c1. The van der Waals surface area contributed by atoms with E-state index in [4.69, 9.17) is 4.74 Å². The maximum Gasteiger partial charge on any atom is 0.273 e. The van der Waals surface area contributed by atoms with Gasteiger partial charge in [-0.05, 0) is 36.9 Å². The molecule has 1 aromatic heterocycles. The molecule has 1 saturated heterocycles. The fourth-order valence-electron chi connectivity index (χ4n) is 3.58. The zero-order chi connectivity index (χ0) is 20.9. The first kappa shape index (κ1) is 20.1. The van der Waals surface area contributed by atoms with Crippen LogP contribution in [-0.2, 0) is 6.54 Å². The van der Waals surface area contributed by atoms with Gasteiger partial charge >= 0.3 is 0 Å². The Kier molecular flexibility index (Phi) is 6.11. The van der Waals surface area contributed by atoms with Crippen LogP contribution in [0.4, 0.5) is 5.69 Å². The number of hydrogen-bond acceptors (Lipinski definition) is 5. The van der Waals surface area contributed by atoms with Crippen molar-refractivity contribution >= 4 is 11.6 Å². The maximum atomic E-state index is 12.8. The highest BCUT2D eigenvalue weighted by Gasteiger charge is 2.17. The number of likely N-dealkylation sites (N-methyl/N-ethyl adjacent to an activating group) is 1. The van der Waals surface area contributed by atoms with E-state index in [-0.39, 0.29) is 5.91 Å². The molecular formula is C23H27N5O2. The van der Waals surface area contributed by atoms with E-state index < -0.39 is 0 Å². The van der Waals surface area contributed by atoms with E-state index in [9.17, 15) is 4.79 Å². The van der Waals surface area contributed by atoms with Crippen LogP contribution in [0, 0.1) is 0 Å². The van der Waals surface area contributed by atoms with Crippen molar-refractivity contribution in [3.8, 4) is 17.0 Å².